The number of pyridine rings is 1. The zero-order chi connectivity index (χ0) is 24.0. The van der Waals surface area contributed by atoms with Gasteiger partial charge < -0.3 is 14.8 Å². The van der Waals surface area contributed by atoms with Gasteiger partial charge in [0.2, 0.25) is 5.91 Å². The van der Waals surface area contributed by atoms with Crippen molar-refractivity contribution >= 4 is 39.0 Å². The molecule has 0 radical (unpaired) electrons. The van der Waals surface area contributed by atoms with Crippen molar-refractivity contribution in [3.8, 4) is 0 Å². The van der Waals surface area contributed by atoms with Gasteiger partial charge in [-0.05, 0) is 55.0 Å². The normalized spacial score (nSPS) is 16.5. The topological polar surface area (TPSA) is 83.0 Å². The molecule has 10 heteroatoms. The van der Waals surface area contributed by atoms with Crippen LogP contribution in [-0.2, 0) is 11.3 Å². The SMILES string of the molecule is Cc1cc(Nc2cccc3ccn(CC(=O)N4CCC[C@H]4C(F)(F)F)c(=O)c23)cc2cn[nH]c12. The Labute approximate surface area is 192 Å². The van der Waals surface area contributed by atoms with Crippen LogP contribution < -0.4 is 10.9 Å². The fourth-order valence-corrected chi connectivity index (χ4v) is 4.66. The third-order valence-corrected chi connectivity index (χ3v) is 6.29. The Morgan fingerprint density at radius 3 is 2.85 bits per heavy atom. The number of anilines is 2. The largest absolute Gasteiger partial charge is 0.408 e. The number of aromatic amines is 1. The highest BCUT2D eigenvalue weighted by Crippen LogP contribution is 2.33. The highest BCUT2D eigenvalue weighted by atomic mass is 19.4. The van der Waals surface area contributed by atoms with Gasteiger partial charge >= 0.3 is 6.18 Å². The molecule has 2 aromatic carbocycles. The summed E-state index contributed by atoms with van der Waals surface area (Å²) in [5.41, 5.74) is 2.75. The molecule has 0 bridgehead atoms. The second-order valence-corrected chi connectivity index (χ2v) is 8.56. The van der Waals surface area contributed by atoms with Crippen molar-refractivity contribution < 1.29 is 18.0 Å². The molecule has 7 nitrogen and oxygen atoms in total. The molecule has 0 aliphatic carbocycles. The lowest BCUT2D eigenvalue weighted by Gasteiger charge is -2.26. The molecule has 2 aromatic heterocycles. The number of likely N-dealkylation sites (tertiary alicyclic amines) is 1. The molecule has 34 heavy (non-hydrogen) atoms. The molecular formula is C24H22F3N5O2. The quantitative estimate of drug-likeness (QED) is 0.462. The first kappa shape index (κ1) is 22.0. The molecule has 1 saturated heterocycles. The first-order chi connectivity index (χ1) is 16.2. The Kier molecular flexibility index (Phi) is 5.30. The van der Waals surface area contributed by atoms with Crippen molar-refractivity contribution in [3.05, 3.63) is 64.7 Å². The lowest BCUT2D eigenvalue weighted by molar-refractivity contribution is -0.183. The number of nitrogens with one attached hydrogen (secondary N) is 2. The number of hydrogen-bond acceptors (Lipinski definition) is 4. The summed E-state index contributed by atoms with van der Waals surface area (Å²) in [7, 11) is 0. The summed E-state index contributed by atoms with van der Waals surface area (Å²) in [5, 5.41) is 12.2. The maximum atomic E-state index is 13.3. The fraction of sp³-hybridized carbons (Fsp3) is 0.292. The summed E-state index contributed by atoms with van der Waals surface area (Å²) in [5.74, 6) is -0.715. The summed E-state index contributed by atoms with van der Waals surface area (Å²) >= 11 is 0. The van der Waals surface area contributed by atoms with E-state index in [-0.39, 0.29) is 19.4 Å². The van der Waals surface area contributed by atoms with Crippen molar-refractivity contribution in [1.82, 2.24) is 19.7 Å². The third-order valence-electron chi connectivity index (χ3n) is 6.29. The molecule has 176 valence electrons. The van der Waals surface area contributed by atoms with Crippen molar-refractivity contribution in [2.75, 3.05) is 11.9 Å². The van der Waals surface area contributed by atoms with Gasteiger partial charge in [-0.3, -0.25) is 14.7 Å². The molecule has 5 rings (SSSR count). The summed E-state index contributed by atoms with van der Waals surface area (Å²) in [6.07, 6.45) is -1.15. The van der Waals surface area contributed by atoms with Crippen LogP contribution in [0.1, 0.15) is 18.4 Å². The molecule has 1 aliphatic rings. The average molecular weight is 469 g/mol. The smallest absolute Gasteiger partial charge is 0.355 e. The van der Waals surface area contributed by atoms with E-state index in [9.17, 15) is 22.8 Å². The van der Waals surface area contributed by atoms with E-state index in [0.29, 0.717) is 16.5 Å². The average Bonchev–Trinajstić information content (AvgIpc) is 3.45. The zero-order valence-corrected chi connectivity index (χ0v) is 18.3. The van der Waals surface area contributed by atoms with Crippen molar-refractivity contribution in [2.24, 2.45) is 0 Å². The van der Waals surface area contributed by atoms with E-state index in [2.05, 4.69) is 15.5 Å². The Balaban J connectivity index is 1.48. The Morgan fingerprint density at radius 1 is 1.24 bits per heavy atom. The van der Waals surface area contributed by atoms with Gasteiger partial charge in [-0.2, -0.15) is 18.3 Å². The number of aryl methyl sites for hydroxylation is 1. The van der Waals surface area contributed by atoms with Gasteiger partial charge in [0.15, 0.2) is 0 Å². The number of aromatic nitrogens is 3. The lowest BCUT2D eigenvalue weighted by atomic mass is 10.1. The molecule has 0 saturated carbocycles. The molecule has 2 N–H and O–H groups in total. The third kappa shape index (κ3) is 3.89. The van der Waals surface area contributed by atoms with Gasteiger partial charge in [-0.15, -0.1) is 0 Å². The first-order valence-corrected chi connectivity index (χ1v) is 10.9. The fourth-order valence-electron chi connectivity index (χ4n) is 4.66. The maximum absolute atomic E-state index is 13.3. The summed E-state index contributed by atoms with van der Waals surface area (Å²) < 4.78 is 41.0. The molecule has 4 aromatic rings. The van der Waals surface area contributed by atoms with Crippen LogP contribution in [0.25, 0.3) is 21.7 Å². The van der Waals surface area contributed by atoms with Crippen LogP contribution in [0.15, 0.2) is 53.6 Å². The summed E-state index contributed by atoms with van der Waals surface area (Å²) in [6.45, 7) is 1.53. The monoisotopic (exact) mass is 469 g/mol. The second kappa shape index (κ2) is 8.19. The number of amides is 1. The number of halogens is 3. The molecular weight excluding hydrogens is 447 g/mol. The maximum Gasteiger partial charge on any atom is 0.408 e. The second-order valence-electron chi connectivity index (χ2n) is 8.56. The van der Waals surface area contributed by atoms with Gasteiger partial charge in [-0.25, -0.2) is 0 Å². The van der Waals surface area contributed by atoms with Crippen LogP contribution in [0.2, 0.25) is 0 Å². The summed E-state index contributed by atoms with van der Waals surface area (Å²) in [6, 6.07) is 9.06. The van der Waals surface area contributed by atoms with Crippen molar-refractivity contribution in [1.29, 1.82) is 0 Å². The molecule has 1 aliphatic heterocycles. The van der Waals surface area contributed by atoms with Crippen LogP contribution in [-0.4, -0.2) is 44.3 Å². The zero-order valence-electron chi connectivity index (χ0n) is 18.3. The number of nitrogens with zero attached hydrogens (tertiary/aromatic N) is 3. The number of benzene rings is 2. The minimum Gasteiger partial charge on any atom is -0.355 e. The minimum atomic E-state index is -4.48. The number of carbonyl (C=O) groups excluding carboxylic acids is 1. The van der Waals surface area contributed by atoms with Crippen LogP contribution >= 0.6 is 0 Å². The van der Waals surface area contributed by atoms with Gasteiger partial charge in [-0.1, -0.05) is 12.1 Å². The number of rotatable bonds is 4. The van der Waals surface area contributed by atoms with E-state index in [4.69, 9.17) is 0 Å². The Morgan fingerprint density at radius 2 is 2.06 bits per heavy atom. The number of alkyl halides is 3. The van der Waals surface area contributed by atoms with E-state index in [1.807, 2.05) is 19.1 Å². The molecule has 3 heterocycles. The van der Waals surface area contributed by atoms with E-state index in [1.54, 1.807) is 30.5 Å². The molecule has 1 amide bonds. The van der Waals surface area contributed by atoms with Gasteiger partial charge in [0.05, 0.1) is 22.8 Å². The van der Waals surface area contributed by atoms with E-state index < -0.39 is 30.2 Å². The summed E-state index contributed by atoms with van der Waals surface area (Å²) in [4.78, 5) is 26.9. The van der Waals surface area contributed by atoms with Crippen molar-refractivity contribution in [3.63, 3.8) is 0 Å². The molecule has 1 atom stereocenters. The number of H-pyrrole nitrogens is 1. The molecule has 0 unspecified atom stereocenters. The molecule has 1 fully saturated rings. The van der Waals surface area contributed by atoms with Crippen LogP contribution in [0.5, 0.6) is 0 Å². The van der Waals surface area contributed by atoms with E-state index >= 15 is 0 Å². The minimum absolute atomic E-state index is 0.0357. The highest BCUT2D eigenvalue weighted by molar-refractivity contribution is 5.96. The Bertz CT molecular complexity index is 1460. The van der Waals surface area contributed by atoms with Crippen LogP contribution in [0, 0.1) is 6.92 Å². The van der Waals surface area contributed by atoms with E-state index in [1.165, 1.54) is 10.8 Å². The standard InChI is InChI=1S/C24H22F3N5O2/c1-14-10-17(11-16-12-28-30-22(14)16)29-18-5-2-4-15-7-9-31(23(34)21(15)18)13-20(33)32-8-3-6-19(32)24(25,26)27/h2,4-5,7,9-12,19,29H,3,6,8,13H2,1H3,(H,28,30)/t19-/m0/s1. The highest BCUT2D eigenvalue weighted by Gasteiger charge is 2.47. The predicted octanol–water partition coefficient (Wildman–Crippen LogP) is 4.48. The first-order valence-electron chi connectivity index (χ1n) is 10.9. The van der Waals surface area contributed by atoms with E-state index in [0.717, 1.165) is 27.1 Å². The number of carbonyl (C=O) groups is 1. The number of hydrogen-bond donors (Lipinski definition) is 2. The van der Waals surface area contributed by atoms with Crippen LogP contribution in [0.3, 0.4) is 0 Å². The lowest BCUT2D eigenvalue weighted by Crippen LogP contribution is -2.46. The van der Waals surface area contributed by atoms with Gasteiger partial charge in [0.25, 0.3) is 5.56 Å². The van der Waals surface area contributed by atoms with Crippen molar-refractivity contribution in [2.45, 2.75) is 38.5 Å². The predicted molar refractivity (Wildman–Crippen MR) is 123 cm³/mol. The number of fused-ring (bicyclic) bond motifs is 2. The van der Waals surface area contributed by atoms with Gasteiger partial charge in [0.1, 0.15) is 12.6 Å². The van der Waals surface area contributed by atoms with Crippen LogP contribution in [0.4, 0.5) is 24.5 Å². The molecule has 0 spiro atoms. The Hall–Kier alpha value is -3.82. The van der Waals surface area contributed by atoms with Gasteiger partial charge in [0, 0.05) is 23.8 Å².